The maximum atomic E-state index is 12.4. The normalized spacial score (nSPS) is 14.4. The minimum absolute atomic E-state index is 0.118. The average molecular weight is 332 g/mol. The lowest BCUT2D eigenvalue weighted by Gasteiger charge is -2.20. The van der Waals surface area contributed by atoms with Gasteiger partial charge in [-0.3, -0.25) is 4.52 Å². The van der Waals surface area contributed by atoms with E-state index in [1.807, 2.05) is 27.7 Å². The molecular formula is C13H21N2O4PS. The van der Waals surface area contributed by atoms with E-state index >= 15 is 0 Å². The standard InChI is InChI=1S/C13H21N2O4PS/c1-7-18-10-8-11(15-12(14-10)13(3,4)5)19-20(16,17-6)9(2)21/h8H,7H2,1-6H3. The van der Waals surface area contributed by atoms with Gasteiger partial charge in [-0.1, -0.05) is 33.0 Å². The van der Waals surface area contributed by atoms with Crippen LogP contribution in [-0.4, -0.2) is 28.3 Å². The van der Waals surface area contributed by atoms with Gasteiger partial charge in [0.25, 0.3) is 0 Å². The highest BCUT2D eigenvalue weighted by Gasteiger charge is 2.30. The molecule has 21 heavy (non-hydrogen) atoms. The molecule has 1 aromatic rings. The Bertz CT molecular complexity index is 572. The summed E-state index contributed by atoms with van der Waals surface area (Å²) in [4.78, 5) is 8.60. The summed E-state index contributed by atoms with van der Waals surface area (Å²) in [6, 6.07) is 1.47. The van der Waals surface area contributed by atoms with E-state index in [-0.39, 0.29) is 15.9 Å². The largest absolute Gasteiger partial charge is 0.478 e. The molecule has 0 radical (unpaired) electrons. The van der Waals surface area contributed by atoms with Gasteiger partial charge in [-0.25, -0.2) is 4.57 Å². The quantitative estimate of drug-likeness (QED) is 0.580. The SMILES string of the molecule is CCOc1cc(OP(=O)(OC)C(C)=S)nc(C(C)(C)C)n1. The molecule has 6 nitrogen and oxygen atoms in total. The van der Waals surface area contributed by atoms with Crippen molar-refractivity contribution in [1.29, 1.82) is 0 Å². The monoisotopic (exact) mass is 332 g/mol. The lowest BCUT2D eigenvalue weighted by molar-refractivity contribution is 0.312. The van der Waals surface area contributed by atoms with Crippen molar-refractivity contribution in [1.82, 2.24) is 9.97 Å². The lowest BCUT2D eigenvalue weighted by Crippen LogP contribution is -2.17. The lowest BCUT2D eigenvalue weighted by atomic mass is 9.96. The van der Waals surface area contributed by atoms with Crippen LogP contribution in [-0.2, 0) is 14.5 Å². The molecule has 1 aromatic heterocycles. The van der Waals surface area contributed by atoms with Gasteiger partial charge >= 0.3 is 7.60 Å². The molecule has 0 aliphatic carbocycles. The molecule has 1 atom stereocenters. The zero-order chi connectivity index (χ0) is 16.3. The molecule has 1 unspecified atom stereocenters. The van der Waals surface area contributed by atoms with Crippen LogP contribution in [0.2, 0.25) is 0 Å². The van der Waals surface area contributed by atoms with Crippen molar-refractivity contribution < 1.29 is 18.3 Å². The summed E-state index contributed by atoms with van der Waals surface area (Å²) < 4.78 is 28.2. The van der Waals surface area contributed by atoms with Crippen LogP contribution in [0.1, 0.15) is 40.4 Å². The molecule has 0 saturated carbocycles. The van der Waals surface area contributed by atoms with Gasteiger partial charge in [0.1, 0.15) is 10.4 Å². The van der Waals surface area contributed by atoms with E-state index in [0.29, 0.717) is 18.3 Å². The number of hydrogen-bond donors (Lipinski definition) is 0. The van der Waals surface area contributed by atoms with Crippen LogP contribution in [0.4, 0.5) is 0 Å². The molecule has 0 aliphatic rings. The first-order valence-electron chi connectivity index (χ1n) is 6.51. The molecule has 0 aliphatic heterocycles. The molecule has 8 heteroatoms. The highest BCUT2D eigenvalue weighted by atomic mass is 32.1. The molecule has 0 amide bonds. The third-order valence-electron chi connectivity index (χ3n) is 2.48. The van der Waals surface area contributed by atoms with Gasteiger partial charge in [-0.05, 0) is 13.8 Å². The number of aromatic nitrogens is 2. The Kier molecular flexibility index (Phi) is 5.84. The Hall–Kier alpha value is -1.04. The van der Waals surface area contributed by atoms with Crippen LogP contribution in [0.25, 0.3) is 0 Å². The van der Waals surface area contributed by atoms with Gasteiger partial charge in [0, 0.05) is 12.5 Å². The zero-order valence-corrected chi connectivity index (χ0v) is 14.9. The molecule has 0 N–H and O–H groups in total. The van der Waals surface area contributed by atoms with E-state index in [1.54, 1.807) is 0 Å². The van der Waals surface area contributed by atoms with Crippen molar-refractivity contribution in [2.75, 3.05) is 13.7 Å². The van der Waals surface area contributed by atoms with Crippen LogP contribution in [0.3, 0.4) is 0 Å². The molecule has 1 heterocycles. The number of thiocarbonyl (C=S) groups is 1. The van der Waals surface area contributed by atoms with Gasteiger partial charge in [0.2, 0.25) is 11.8 Å². The third-order valence-corrected chi connectivity index (χ3v) is 4.83. The second-order valence-corrected chi connectivity index (χ2v) is 8.47. The van der Waals surface area contributed by atoms with Crippen molar-refractivity contribution in [3.8, 4) is 11.8 Å². The first-order valence-corrected chi connectivity index (χ1v) is 8.46. The fraction of sp³-hybridized carbons (Fsp3) is 0.615. The first kappa shape index (κ1) is 18.0. The van der Waals surface area contributed by atoms with E-state index < -0.39 is 7.60 Å². The topological polar surface area (TPSA) is 70.5 Å². The average Bonchev–Trinajstić information content (AvgIpc) is 2.37. The first-order chi connectivity index (χ1) is 9.62. The smallest absolute Gasteiger partial charge is 0.418 e. The van der Waals surface area contributed by atoms with E-state index in [2.05, 4.69) is 9.97 Å². The summed E-state index contributed by atoms with van der Waals surface area (Å²) in [7, 11) is -2.24. The fourth-order valence-corrected chi connectivity index (χ4v) is 2.50. The Labute approximate surface area is 130 Å². The number of ether oxygens (including phenoxy) is 1. The summed E-state index contributed by atoms with van der Waals surface area (Å²) in [5.41, 5.74) is -0.311. The van der Waals surface area contributed by atoms with Crippen molar-refractivity contribution >= 4 is 24.4 Å². The van der Waals surface area contributed by atoms with Gasteiger partial charge in [-0.2, -0.15) is 9.97 Å². The summed E-state index contributed by atoms with van der Waals surface area (Å²) >= 11 is 4.93. The van der Waals surface area contributed by atoms with E-state index in [0.717, 1.165) is 0 Å². The van der Waals surface area contributed by atoms with Crippen LogP contribution in [0, 0.1) is 0 Å². The van der Waals surface area contributed by atoms with Crippen molar-refractivity contribution in [3.63, 3.8) is 0 Å². The molecule has 0 aromatic carbocycles. The van der Waals surface area contributed by atoms with Crippen molar-refractivity contribution in [2.24, 2.45) is 0 Å². The molecule has 118 valence electrons. The van der Waals surface area contributed by atoms with E-state index in [1.165, 1.54) is 20.1 Å². The molecule has 0 spiro atoms. The Morgan fingerprint density at radius 1 is 1.33 bits per heavy atom. The van der Waals surface area contributed by atoms with Crippen LogP contribution < -0.4 is 9.26 Å². The summed E-state index contributed by atoms with van der Waals surface area (Å²) in [5, 5.41) is 0. The molecule has 0 fully saturated rings. The number of nitrogens with zero attached hydrogens (tertiary/aromatic N) is 2. The third kappa shape index (κ3) is 4.73. The second-order valence-electron chi connectivity index (χ2n) is 5.34. The van der Waals surface area contributed by atoms with Crippen LogP contribution >= 0.6 is 19.8 Å². The minimum atomic E-state index is -3.52. The van der Waals surface area contributed by atoms with Gasteiger partial charge in [0.05, 0.1) is 12.7 Å². The minimum Gasteiger partial charge on any atom is -0.478 e. The number of hydrogen-bond acceptors (Lipinski definition) is 7. The van der Waals surface area contributed by atoms with E-state index in [4.69, 9.17) is 26.0 Å². The Morgan fingerprint density at radius 3 is 2.33 bits per heavy atom. The Balaban J connectivity index is 3.26. The summed E-state index contributed by atoms with van der Waals surface area (Å²) in [6.07, 6.45) is 0. The van der Waals surface area contributed by atoms with Gasteiger partial charge in [0.15, 0.2) is 0 Å². The van der Waals surface area contributed by atoms with Crippen LogP contribution in [0.15, 0.2) is 6.07 Å². The summed E-state index contributed by atoms with van der Waals surface area (Å²) in [5.74, 6) is 0.998. The van der Waals surface area contributed by atoms with Crippen molar-refractivity contribution in [3.05, 3.63) is 11.9 Å². The van der Waals surface area contributed by atoms with Gasteiger partial charge < -0.3 is 9.26 Å². The highest BCUT2D eigenvalue weighted by Crippen LogP contribution is 2.49. The second kappa shape index (κ2) is 6.81. The maximum absolute atomic E-state index is 12.4. The zero-order valence-electron chi connectivity index (χ0n) is 13.2. The molecular weight excluding hydrogens is 311 g/mol. The number of rotatable bonds is 6. The summed E-state index contributed by atoms with van der Waals surface area (Å²) in [6.45, 7) is 9.69. The predicted octanol–water partition coefficient (Wildman–Crippen LogP) is 3.74. The fourth-order valence-electron chi connectivity index (χ4n) is 1.36. The molecule has 1 rings (SSSR count). The maximum Gasteiger partial charge on any atom is 0.418 e. The Morgan fingerprint density at radius 2 is 1.90 bits per heavy atom. The predicted molar refractivity (Wildman–Crippen MR) is 85.4 cm³/mol. The van der Waals surface area contributed by atoms with Crippen molar-refractivity contribution in [2.45, 2.75) is 40.0 Å². The van der Waals surface area contributed by atoms with E-state index in [9.17, 15) is 4.57 Å². The van der Waals surface area contributed by atoms with Crippen LogP contribution in [0.5, 0.6) is 11.8 Å². The molecule has 0 saturated heterocycles. The highest BCUT2D eigenvalue weighted by molar-refractivity contribution is 7.97. The van der Waals surface area contributed by atoms with Gasteiger partial charge in [-0.15, -0.1) is 0 Å². The molecule has 0 bridgehead atoms.